The van der Waals surface area contributed by atoms with Gasteiger partial charge in [-0.05, 0) is 29.8 Å². The minimum atomic E-state index is -3.64. The molecule has 0 radical (unpaired) electrons. The summed E-state index contributed by atoms with van der Waals surface area (Å²) in [5.74, 6) is 0.830. The fourth-order valence-electron chi connectivity index (χ4n) is 1.85. The highest BCUT2D eigenvalue weighted by atomic mass is 35.5. The van der Waals surface area contributed by atoms with Crippen LogP contribution in [0.3, 0.4) is 0 Å². The van der Waals surface area contributed by atoms with Crippen LogP contribution in [-0.4, -0.2) is 22.6 Å². The van der Waals surface area contributed by atoms with Crippen LogP contribution in [0, 0.1) is 0 Å². The number of nitrogens with one attached hydrogen (secondary N) is 1. The second-order valence-corrected chi connectivity index (χ2v) is 6.67. The van der Waals surface area contributed by atoms with Crippen LogP contribution < -0.4 is 14.2 Å². The Hall–Kier alpha value is -1.76. The van der Waals surface area contributed by atoms with Crippen LogP contribution in [0.1, 0.15) is 5.56 Å². The van der Waals surface area contributed by atoms with E-state index in [1.807, 2.05) is 0 Å². The zero-order valence-electron chi connectivity index (χ0n) is 12.2. The maximum Gasteiger partial charge on any atom is 0.241 e. The number of methoxy groups -OCH3 is 2. The van der Waals surface area contributed by atoms with Gasteiger partial charge in [0.25, 0.3) is 0 Å². The van der Waals surface area contributed by atoms with E-state index >= 15 is 0 Å². The first-order chi connectivity index (χ1) is 10.5. The molecular weight excluding hydrogens is 326 g/mol. The number of sulfonamides is 1. The van der Waals surface area contributed by atoms with Crippen molar-refractivity contribution in [1.82, 2.24) is 4.72 Å². The van der Waals surface area contributed by atoms with E-state index in [0.717, 1.165) is 5.56 Å². The standard InChI is InChI=1S/C15H16ClNO4S/c1-20-14-8-7-13(9-15(14)21-2)22(18,19)17-10-11-3-5-12(16)6-4-11/h3-9,17H,10H2,1-2H3. The van der Waals surface area contributed by atoms with E-state index in [2.05, 4.69) is 4.72 Å². The van der Waals surface area contributed by atoms with E-state index in [-0.39, 0.29) is 11.4 Å². The predicted octanol–water partition coefficient (Wildman–Crippen LogP) is 2.84. The molecule has 118 valence electrons. The van der Waals surface area contributed by atoms with Crippen LogP contribution in [-0.2, 0) is 16.6 Å². The van der Waals surface area contributed by atoms with Crippen molar-refractivity contribution in [2.45, 2.75) is 11.4 Å². The number of benzene rings is 2. The van der Waals surface area contributed by atoms with E-state index in [4.69, 9.17) is 21.1 Å². The van der Waals surface area contributed by atoms with Crippen molar-refractivity contribution in [2.24, 2.45) is 0 Å². The molecule has 0 atom stereocenters. The maximum atomic E-state index is 12.3. The highest BCUT2D eigenvalue weighted by molar-refractivity contribution is 7.89. The highest BCUT2D eigenvalue weighted by Gasteiger charge is 2.16. The Morgan fingerprint density at radius 1 is 1.00 bits per heavy atom. The van der Waals surface area contributed by atoms with Gasteiger partial charge in [0.1, 0.15) is 0 Å². The third kappa shape index (κ3) is 3.91. The van der Waals surface area contributed by atoms with Gasteiger partial charge in [-0.15, -0.1) is 0 Å². The van der Waals surface area contributed by atoms with Crippen molar-refractivity contribution in [3.8, 4) is 11.5 Å². The predicted molar refractivity (Wildman–Crippen MR) is 85.0 cm³/mol. The van der Waals surface area contributed by atoms with Crippen LogP contribution in [0.2, 0.25) is 5.02 Å². The molecule has 0 aliphatic carbocycles. The molecule has 2 aromatic carbocycles. The molecule has 0 amide bonds. The molecule has 7 heteroatoms. The summed E-state index contributed by atoms with van der Waals surface area (Å²) in [7, 11) is -0.700. The van der Waals surface area contributed by atoms with Crippen molar-refractivity contribution in [2.75, 3.05) is 14.2 Å². The number of hydrogen-bond donors (Lipinski definition) is 1. The van der Waals surface area contributed by atoms with E-state index in [0.29, 0.717) is 16.5 Å². The van der Waals surface area contributed by atoms with Gasteiger partial charge in [0.2, 0.25) is 10.0 Å². The molecule has 0 heterocycles. The third-order valence-electron chi connectivity index (χ3n) is 3.04. The molecule has 0 spiro atoms. The largest absolute Gasteiger partial charge is 0.493 e. The van der Waals surface area contributed by atoms with Gasteiger partial charge in [-0.3, -0.25) is 0 Å². The summed E-state index contributed by atoms with van der Waals surface area (Å²) < 4.78 is 37.4. The Morgan fingerprint density at radius 3 is 2.23 bits per heavy atom. The molecule has 0 unspecified atom stereocenters. The van der Waals surface area contributed by atoms with Crippen molar-refractivity contribution in [1.29, 1.82) is 0 Å². The molecule has 22 heavy (non-hydrogen) atoms. The van der Waals surface area contributed by atoms with E-state index in [9.17, 15) is 8.42 Å². The summed E-state index contributed by atoms with van der Waals surface area (Å²) in [6.07, 6.45) is 0. The van der Waals surface area contributed by atoms with E-state index in [1.54, 1.807) is 30.3 Å². The van der Waals surface area contributed by atoms with Gasteiger partial charge in [0.15, 0.2) is 11.5 Å². The average molecular weight is 342 g/mol. The fourth-order valence-corrected chi connectivity index (χ4v) is 3.01. The van der Waals surface area contributed by atoms with Gasteiger partial charge >= 0.3 is 0 Å². The molecule has 0 aliphatic heterocycles. The summed E-state index contributed by atoms with van der Waals surface area (Å²) in [6.45, 7) is 0.174. The van der Waals surface area contributed by atoms with Crippen LogP contribution in [0.25, 0.3) is 0 Å². The number of hydrogen-bond acceptors (Lipinski definition) is 4. The lowest BCUT2D eigenvalue weighted by Crippen LogP contribution is -2.23. The molecule has 0 aromatic heterocycles. The van der Waals surface area contributed by atoms with Crippen LogP contribution in [0.15, 0.2) is 47.4 Å². The summed E-state index contributed by atoms with van der Waals surface area (Å²) in [6, 6.07) is 11.4. The molecule has 0 aliphatic rings. The minimum Gasteiger partial charge on any atom is -0.493 e. The molecular formula is C15H16ClNO4S. The fraction of sp³-hybridized carbons (Fsp3) is 0.200. The summed E-state index contributed by atoms with van der Waals surface area (Å²) in [5.41, 5.74) is 0.813. The molecule has 5 nitrogen and oxygen atoms in total. The van der Waals surface area contributed by atoms with E-state index in [1.165, 1.54) is 26.4 Å². The summed E-state index contributed by atoms with van der Waals surface area (Å²) in [4.78, 5) is 0.110. The first-order valence-corrected chi connectivity index (χ1v) is 8.28. The lowest BCUT2D eigenvalue weighted by molar-refractivity contribution is 0.354. The molecule has 2 rings (SSSR count). The average Bonchev–Trinajstić information content (AvgIpc) is 2.53. The molecule has 0 saturated heterocycles. The topological polar surface area (TPSA) is 64.6 Å². The van der Waals surface area contributed by atoms with Crippen molar-refractivity contribution >= 4 is 21.6 Å². The number of halogens is 1. The Balaban J connectivity index is 2.17. The van der Waals surface area contributed by atoms with Crippen molar-refractivity contribution in [3.63, 3.8) is 0 Å². The smallest absolute Gasteiger partial charge is 0.241 e. The molecule has 1 N–H and O–H groups in total. The number of rotatable bonds is 6. The normalized spacial score (nSPS) is 11.2. The number of ether oxygens (including phenoxy) is 2. The monoisotopic (exact) mass is 341 g/mol. The molecule has 0 fully saturated rings. The van der Waals surface area contributed by atoms with Gasteiger partial charge in [-0.25, -0.2) is 13.1 Å². The minimum absolute atomic E-state index is 0.110. The van der Waals surface area contributed by atoms with E-state index < -0.39 is 10.0 Å². The molecule has 0 bridgehead atoms. The second-order valence-electron chi connectivity index (χ2n) is 4.47. The SMILES string of the molecule is COc1ccc(S(=O)(=O)NCc2ccc(Cl)cc2)cc1OC. The molecule has 0 saturated carbocycles. The van der Waals surface area contributed by atoms with Gasteiger partial charge in [0.05, 0.1) is 19.1 Å². The zero-order valence-corrected chi connectivity index (χ0v) is 13.7. The van der Waals surface area contributed by atoms with Crippen LogP contribution >= 0.6 is 11.6 Å². The summed E-state index contributed by atoms with van der Waals surface area (Å²) in [5, 5.41) is 0.603. The Labute approximate surface area is 134 Å². The third-order valence-corrected chi connectivity index (χ3v) is 4.70. The maximum absolute atomic E-state index is 12.3. The zero-order chi connectivity index (χ0) is 16.2. The molecule has 2 aromatic rings. The Morgan fingerprint density at radius 2 is 1.64 bits per heavy atom. The lowest BCUT2D eigenvalue weighted by atomic mass is 10.2. The van der Waals surface area contributed by atoms with Crippen LogP contribution in [0.5, 0.6) is 11.5 Å². The second kappa shape index (κ2) is 7.00. The van der Waals surface area contributed by atoms with Crippen molar-refractivity contribution in [3.05, 3.63) is 53.1 Å². The lowest BCUT2D eigenvalue weighted by Gasteiger charge is -2.11. The van der Waals surface area contributed by atoms with Gasteiger partial charge in [-0.1, -0.05) is 23.7 Å². The van der Waals surface area contributed by atoms with Gasteiger partial charge in [0, 0.05) is 17.6 Å². The quantitative estimate of drug-likeness (QED) is 0.877. The summed E-state index contributed by atoms with van der Waals surface area (Å²) >= 11 is 5.80. The van der Waals surface area contributed by atoms with Gasteiger partial charge < -0.3 is 9.47 Å². The Kier molecular flexibility index (Phi) is 5.28. The van der Waals surface area contributed by atoms with Crippen LogP contribution in [0.4, 0.5) is 0 Å². The van der Waals surface area contributed by atoms with Gasteiger partial charge in [-0.2, -0.15) is 0 Å². The van der Waals surface area contributed by atoms with Crippen molar-refractivity contribution < 1.29 is 17.9 Å². The Bertz CT molecular complexity index is 745. The highest BCUT2D eigenvalue weighted by Crippen LogP contribution is 2.29. The first-order valence-electron chi connectivity index (χ1n) is 6.42. The first kappa shape index (κ1) is 16.6.